The summed E-state index contributed by atoms with van der Waals surface area (Å²) in [5.74, 6) is 0.578. The lowest BCUT2D eigenvalue weighted by atomic mass is 10.1. The molecule has 1 heterocycles. The van der Waals surface area contributed by atoms with Crippen LogP contribution in [0.3, 0.4) is 0 Å². The lowest BCUT2D eigenvalue weighted by Gasteiger charge is -2.12. The van der Waals surface area contributed by atoms with E-state index in [1.54, 1.807) is 12.3 Å². The fourth-order valence-electron chi connectivity index (χ4n) is 2.25. The molecule has 0 unspecified atom stereocenters. The van der Waals surface area contributed by atoms with Gasteiger partial charge in [-0.05, 0) is 49.6 Å². The molecule has 24 heavy (non-hydrogen) atoms. The van der Waals surface area contributed by atoms with E-state index in [2.05, 4.69) is 36.7 Å². The number of aryl methyl sites for hydroxylation is 1. The number of benzene rings is 1. The molecule has 0 aliphatic heterocycles. The Morgan fingerprint density at radius 1 is 1.38 bits per heavy atom. The maximum absolute atomic E-state index is 13.7. The van der Waals surface area contributed by atoms with E-state index in [0.29, 0.717) is 25.1 Å². The van der Waals surface area contributed by atoms with Gasteiger partial charge in [0, 0.05) is 43.0 Å². The summed E-state index contributed by atoms with van der Waals surface area (Å²) in [7, 11) is 0. The lowest BCUT2D eigenvalue weighted by molar-refractivity contribution is 0.583. The van der Waals surface area contributed by atoms with Crippen molar-refractivity contribution >= 4 is 21.9 Å². The molecular weight excluding hydrogens is 373 g/mol. The van der Waals surface area contributed by atoms with Crippen molar-refractivity contribution in [3.05, 3.63) is 52.5 Å². The molecule has 0 aliphatic rings. The van der Waals surface area contributed by atoms with Crippen LogP contribution in [0.2, 0.25) is 0 Å². The minimum Gasteiger partial charge on any atom is -0.357 e. The molecule has 1 aromatic heterocycles. The number of nitrogens with zero attached hydrogens (tertiary/aromatic N) is 3. The molecule has 2 aromatic rings. The summed E-state index contributed by atoms with van der Waals surface area (Å²) in [6, 6.07) is 6.91. The van der Waals surface area contributed by atoms with Gasteiger partial charge in [0.1, 0.15) is 5.82 Å². The van der Waals surface area contributed by atoms with E-state index in [1.807, 2.05) is 29.9 Å². The zero-order chi connectivity index (χ0) is 17.2. The van der Waals surface area contributed by atoms with Crippen molar-refractivity contribution in [2.75, 3.05) is 19.6 Å². The molecule has 0 atom stereocenters. The number of aromatic nitrogens is 2. The third kappa shape index (κ3) is 6.31. The maximum Gasteiger partial charge on any atom is 0.191 e. The fraction of sp³-hybridized carbons (Fsp3) is 0.412. The van der Waals surface area contributed by atoms with E-state index < -0.39 is 0 Å². The van der Waals surface area contributed by atoms with Crippen molar-refractivity contribution in [2.45, 2.75) is 26.3 Å². The van der Waals surface area contributed by atoms with Gasteiger partial charge in [0.15, 0.2) is 5.96 Å². The highest BCUT2D eigenvalue weighted by molar-refractivity contribution is 9.10. The van der Waals surface area contributed by atoms with Gasteiger partial charge in [-0.25, -0.2) is 4.39 Å². The van der Waals surface area contributed by atoms with E-state index in [9.17, 15) is 4.39 Å². The lowest BCUT2D eigenvalue weighted by Crippen LogP contribution is -2.38. The van der Waals surface area contributed by atoms with Gasteiger partial charge in [-0.2, -0.15) is 5.10 Å². The quantitative estimate of drug-likeness (QED) is 0.410. The van der Waals surface area contributed by atoms with Gasteiger partial charge in [0.05, 0.1) is 0 Å². The molecule has 2 rings (SSSR count). The van der Waals surface area contributed by atoms with Gasteiger partial charge < -0.3 is 10.6 Å². The number of guanidine groups is 1. The number of halogens is 2. The largest absolute Gasteiger partial charge is 0.357 e. The molecule has 2 N–H and O–H groups in total. The molecule has 0 amide bonds. The van der Waals surface area contributed by atoms with Crippen molar-refractivity contribution in [3.63, 3.8) is 0 Å². The third-order valence-electron chi connectivity index (χ3n) is 3.41. The molecule has 0 fully saturated rings. The van der Waals surface area contributed by atoms with Crippen LogP contribution in [0, 0.1) is 5.82 Å². The Morgan fingerprint density at radius 2 is 2.25 bits per heavy atom. The van der Waals surface area contributed by atoms with Crippen molar-refractivity contribution < 1.29 is 4.39 Å². The maximum atomic E-state index is 13.7. The highest BCUT2D eigenvalue weighted by atomic mass is 79.9. The highest BCUT2D eigenvalue weighted by Gasteiger charge is 2.03. The molecule has 0 aliphatic carbocycles. The molecule has 0 spiro atoms. The van der Waals surface area contributed by atoms with Crippen LogP contribution in [0.25, 0.3) is 0 Å². The molecule has 5 nitrogen and oxygen atoms in total. The molecular formula is C17H23BrFN5. The van der Waals surface area contributed by atoms with Crippen molar-refractivity contribution in [3.8, 4) is 0 Å². The fourth-order valence-corrected chi connectivity index (χ4v) is 2.66. The van der Waals surface area contributed by atoms with Crippen molar-refractivity contribution in [2.24, 2.45) is 4.99 Å². The summed E-state index contributed by atoms with van der Waals surface area (Å²) in [6.07, 6.45) is 5.23. The minimum atomic E-state index is -0.179. The number of nitrogens with one attached hydrogen (secondary N) is 2. The monoisotopic (exact) mass is 395 g/mol. The smallest absolute Gasteiger partial charge is 0.191 e. The first-order valence-corrected chi connectivity index (χ1v) is 8.92. The number of hydrogen-bond donors (Lipinski definition) is 2. The number of rotatable bonds is 8. The van der Waals surface area contributed by atoms with Crippen LogP contribution in [0.4, 0.5) is 4.39 Å². The molecule has 0 bridgehead atoms. The van der Waals surface area contributed by atoms with Crippen LogP contribution in [0.1, 0.15) is 18.9 Å². The van der Waals surface area contributed by atoms with Gasteiger partial charge >= 0.3 is 0 Å². The first-order valence-electron chi connectivity index (χ1n) is 8.12. The Morgan fingerprint density at radius 3 is 3.00 bits per heavy atom. The normalized spacial score (nSPS) is 11.5. The topological polar surface area (TPSA) is 54.2 Å². The SMILES string of the molecule is CCNC(=NCCCn1cccn1)NCCc1cc(Br)ccc1F. The summed E-state index contributed by atoms with van der Waals surface area (Å²) in [6.45, 7) is 4.99. The molecule has 130 valence electrons. The first-order chi connectivity index (χ1) is 11.7. The standard InChI is InChI=1S/C17H23BrFN5/c1-2-20-17(21-8-3-11-24-12-4-9-23-24)22-10-7-14-13-15(18)5-6-16(14)19/h4-6,9,12-13H,2-3,7-8,10-11H2,1H3,(H2,20,21,22). The van der Waals surface area contributed by atoms with Crippen LogP contribution in [-0.4, -0.2) is 35.4 Å². The van der Waals surface area contributed by atoms with Crippen LogP contribution in [0.15, 0.2) is 46.1 Å². The van der Waals surface area contributed by atoms with Gasteiger partial charge in [-0.15, -0.1) is 0 Å². The van der Waals surface area contributed by atoms with Gasteiger partial charge in [-0.1, -0.05) is 15.9 Å². The summed E-state index contributed by atoms with van der Waals surface area (Å²) < 4.78 is 16.5. The van der Waals surface area contributed by atoms with E-state index in [4.69, 9.17) is 0 Å². The second-order valence-electron chi connectivity index (χ2n) is 5.30. The number of aliphatic imine (C=N–C) groups is 1. The van der Waals surface area contributed by atoms with E-state index in [1.165, 1.54) is 6.07 Å². The minimum absolute atomic E-state index is 0.179. The molecule has 7 heteroatoms. The third-order valence-corrected chi connectivity index (χ3v) is 3.91. The van der Waals surface area contributed by atoms with E-state index >= 15 is 0 Å². The Balaban J connectivity index is 1.77. The van der Waals surface area contributed by atoms with Gasteiger partial charge in [0.2, 0.25) is 0 Å². The van der Waals surface area contributed by atoms with Crippen molar-refractivity contribution in [1.29, 1.82) is 0 Å². The average molecular weight is 396 g/mol. The second-order valence-corrected chi connectivity index (χ2v) is 6.21. The number of hydrogen-bond acceptors (Lipinski definition) is 2. The average Bonchev–Trinajstić information content (AvgIpc) is 3.08. The zero-order valence-corrected chi connectivity index (χ0v) is 15.4. The predicted molar refractivity (Wildman–Crippen MR) is 98.6 cm³/mol. The molecule has 0 saturated carbocycles. The van der Waals surface area contributed by atoms with Crippen LogP contribution in [0.5, 0.6) is 0 Å². The Labute approximate surface area is 150 Å². The molecule has 0 saturated heterocycles. The summed E-state index contributed by atoms with van der Waals surface area (Å²) in [5, 5.41) is 10.6. The Kier molecular flexibility index (Phi) is 7.74. The van der Waals surface area contributed by atoms with Gasteiger partial charge in [-0.3, -0.25) is 9.67 Å². The van der Waals surface area contributed by atoms with Crippen LogP contribution >= 0.6 is 15.9 Å². The van der Waals surface area contributed by atoms with Crippen LogP contribution in [-0.2, 0) is 13.0 Å². The predicted octanol–water partition coefficient (Wildman–Crippen LogP) is 2.97. The molecule has 1 aromatic carbocycles. The first kappa shape index (κ1) is 18.4. The van der Waals surface area contributed by atoms with E-state index in [-0.39, 0.29) is 5.82 Å². The highest BCUT2D eigenvalue weighted by Crippen LogP contribution is 2.15. The Hall–Kier alpha value is -1.89. The van der Waals surface area contributed by atoms with Crippen molar-refractivity contribution in [1.82, 2.24) is 20.4 Å². The van der Waals surface area contributed by atoms with E-state index in [0.717, 1.165) is 29.9 Å². The summed E-state index contributed by atoms with van der Waals surface area (Å²) in [5.41, 5.74) is 0.686. The van der Waals surface area contributed by atoms with Gasteiger partial charge in [0.25, 0.3) is 0 Å². The van der Waals surface area contributed by atoms with Crippen LogP contribution < -0.4 is 10.6 Å². The summed E-state index contributed by atoms with van der Waals surface area (Å²) in [4.78, 5) is 4.53. The zero-order valence-electron chi connectivity index (χ0n) is 13.8. The Bertz CT molecular complexity index is 642. The molecule has 0 radical (unpaired) electrons. The second kappa shape index (κ2) is 10.1. The summed E-state index contributed by atoms with van der Waals surface area (Å²) >= 11 is 3.37.